The van der Waals surface area contributed by atoms with Crippen molar-refractivity contribution in [2.75, 3.05) is 26.4 Å². The molecule has 3 aliphatic rings. The molecule has 9 N–H and O–H groups in total. The van der Waals surface area contributed by atoms with E-state index in [1.807, 2.05) is 0 Å². The molecule has 0 unspecified atom stereocenters. The van der Waals surface area contributed by atoms with Crippen LogP contribution in [0.5, 0.6) is 0 Å². The molecular formula is C28H51NO15. The third kappa shape index (κ3) is 9.95. The fraction of sp³-hybridized carbons (Fsp3) is 0.964. The number of aliphatic hydroxyl groups is 8. The summed E-state index contributed by atoms with van der Waals surface area (Å²) in [7, 11) is 0. The standard InChI is InChI=1S/C28H51NO15/c1-3-4-5-6-7-8-9-39-27-24(38)22(36)21(35)18(43-27)13-40-28-25(23(37)20(34)17(12-31)42-28)44-26-19(29-14(2)32)16(33)10-15(11-30)41-26/h15-28,30-31,33-38H,3-13H2,1-2H3,(H,29,32)/t15-,16-,17+,18+,19+,20+,21+,22-,23-,24+,25-,26-,27+,28-/m0/s1. The Morgan fingerprint density at radius 2 is 1.41 bits per heavy atom. The molecule has 0 aliphatic carbocycles. The molecule has 3 heterocycles. The van der Waals surface area contributed by atoms with E-state index in [0.29, 0.717) is 6.42 Å². The van der Waals surface area contributed by atoms with Gasteiger partial charge in [0.2, 0.25) is 5.91 Å². The van der Waals surface area contributed by atoms with E-state index in [1.165, 1.54) is 6.92 Å². The van der Waals surface area contributed by atoms with Gasteiger partial charge in [-0.2, -0.15) is 0 Å². The zero-order chi connectivity index (χ0) is 32.4. The quantitative estimate of drug-likeness (QED) is 0.0762. The molecule has 3 aliphatic heterocycles. The van der Waals surface area contributed by atoms with Crippen LogP contribution in [0.1, 0.15) is 58.8 Å². The van der Waals surface area contributed by atoms with Gasteiger partial charge in [-0.15, -0.1) is 0 Å². The molecule has 0 saturated carbocycles. The average Bonchev–Trinajstić information content (AvgIpc) is 3.00. The van der Waals surface area contributed by atoms with E-state index >= 15 is 0 Å². The van der Waals surface area contributed by atoms with E-state index in [4.69, 9.17) is 28.4 Å². The second-order valence-electron chi connectivity index (χ2n) is 11.6. The van der Waals surface area contributed by atoms with Gasteiger partial charge in [0.05, 0.1) is 32.0 Å². The maximum Gasteiger partial charge on any atom is 0.217 e. The van der Waals surface area contributed by atoms with Crippen molar-refractivity contribution in [1.29, 1.82) is 0 Å². The van der Waals surface area contributed by atoms with Crippen molar-refractivity contribution >= 4 is 5.91 Å². The lowest BCUT2D eigenvalue weighted by Gasteiger charge is -2.46. The van der Waals surface area contributed by atoms with E-state index in [2.05, 4.69) is 12.2 Å². The number of carbonyl (C=O) groups excluding carboxylic acids is 1. The lowest BCUT2D eigenvalue weighted by atomic mass is 9.97. The van der Waals surface area contributed by atoms with Crippen molar-refractivity contribution in [3.8, 4) is 0 Å². The van der Waals surface area contributed by atoms with Crippen LogP contribution >= 0.6 is 0 Å². The number of ether oxygens (including phenoxy) is 6. The number of carbonyl (C=O) groups is 1. The summed E-state index contributed by atoms with van der Waals surface area (Å²) >= 11 is 0. The Balaban J connectivity index is 1.68. The smallest absolute Gasteiger partial charge is 0.217 e. The molecule has 1 amide bonds. The number of hydrogen-bond donors (Lipinski definition) is 9. The van der Waals surface area contributed by atoms with Crippen LogP contribution in [0.15, 0.2) is 0 Å². The highest BCUT2D eigenvalue weighted by Gasteiger charge is 2.51. The average molecular weight is 642 g/mol. The van der Waals surface area contributed by atoms with Gasteiger partial charge in [-0.3, -0.25) is 4.79 Å². The molecule has 258 valence electrons. The van der Waals surface area contributed by atoms with E-state index in [9.17, 15) is 45.6 Å². The first-order chi connectivity index (χ1) is 21.0. The van der Waals surface area contributed by atoms with Gasteiger partial charge in [0.15, 0.2) is 18.9 Å². The molecule has 16 heteroatoms. The molecule has 0 radical (unpaired) electrons. The molecule has 16 nitrogen and oxygen atoms in total. The Bertz CT molecular complexity index is 841. The fourth-order valence-electron chi connectivity index (χ4n) is 5.51. The Morgan fingerprint density at radius 1 is 0.750 bits per heavy atom. The normalized spacial score (nSPS) is 41.4. The molecule has 14 atom stereocenters. The highest BCUT2D eigenvalue weighted by molar-refractivity contribution is 5.73. The summed E-state index contributed by atoms with van der Waals surface area (Å²) in [6.45, 7) is 1.94. The molecule has 3 saturated heterocycles. The Hall–Kier alpha value is -1.09. The molecule has 0 spiro atoms. The third-order valence-electron chi connectivity index (χ3n) is 8.10. The lowest BCUT2D eigenvalue weighted by Crippen LogP contribution is -2.65. The SMILES string of the molecule is CCCCCCCCO[C@@H]1O[C@H](CO[C@H]2O[C@H](CO)[C@@H](O)[C@H](O)[C@@H]2O[C@@H]2O[C@H](CO)C[C@H](O)[C@H]2NC(C)=O)[C@@H](O)[C@H](O)[C@H]1O. The van der Waals surface area contributed by atoms with Gasteiger partial charge in [-0.1, -0.05) is 39.0 Å². The zero-order valence-electron chi connectivity index (χ0n) is 25.3. The van der Waals surface area contributed by atoms with Gasteiger partial charge >= 0.3 is 0 Å². The summed E-state index contributed by atoms with van der Waals surface area (Å²) < 4.78 is 34.4. The summed E-state index contributed by atoms with van der Waals surface area (Å²) in [6, 6.07) is -1.12. The van der Waals surface area contributed by atoms with E-state index < -0.39 is 112 Å². The Morgan fingerprint density at radius 3 is 2.07 bits per heavy atom. The van der Waals surface area contributed by atoms with Gasteiger partial charge in [-0.05, 0) is 6.42 Å². The van der Waals surface area contributed by atoms with E-state index in [1.54, 1.807) is 0 Å². The van der Waals surface area contributed by atoms with Crippen LogP contribution in [0.25, 0.3) is 0 Å². The Kier molecular flexibility index (Phi) is 15.5. The topological polar surface area (TPSA) is 246 Å². The number of unbranched alkanes of at least 4 members (excludes halogenated alkanes) is 5. The van der Waals surface area contributed by atoms with Crippen LogP contribution in [-0.2, 0) is 33.2 Å². The molecule has 0 aromatic carbocycles. The van der Waals surface area contributed by atoms with Gasteiger partial charge in [0.25, 0.3) is 0 Å². The first kappa shape index (κ1) is 37.4. The highest BCUT2D eigenvalue weighted by atomic mass is 16.8. The maximum absolute atomic E-state index is 11.8. The second kappa shape index (κ2) is 18.3. The minimum atomic E-state index is -1.72. The lowest BCUT2D eigenvalue weighted by molar-refractivity contribution is -0.358. The van der Waals surface area contributed by atoms with Crippen molar-refractivity contribution in [3.63, 3.8) is 0 Å². The van der Waals surface area contributed by atoms with Gasteiger partial charge < -0.3 is 74.6 Å². The maximum atomic E-state index is 11.8. The van der Waals surface area contributed by atoms with Crippen molar-refractivity contribution in [1.82, 2.24) is 5.32 Å². The molecule has 44 heavy (non-hydrogen) atoms. The first-order valence-electron chi connectivity index (χ1n) is 15.4. The van der Waals surface area contributed by atoms with E-state index in [0.717, 1.165) is 32.1 Å². The van der Waals surface area contributed by atoms with Gasteiger partial charge in [0, 0.05) is 20.0 Å². The third-order valence-corrected chi connectivity index (χ3v) is 8.10. The minimum Gasteiger partial charge on any atom is -0.394 e. The predicted molar refractivity (Wildman–Crippen MR) is 149 cm³/mol. The number of rotatable bonds is 16. The van der Waals surface area contributed by atoms with E-state index in [-0.39, 0.29) is 13.0 Å². The van der Waals surface area contributed by atoms with Crippen molar-refractivity contribution in [2.24, 2.45) is 0 Å². The van der Waals surface area contributed by atoms with Gasteiger partial charge in [-0.25, -0.2) is 0 Å². The van der Waals surface area contributed by atoms with Crippen molar-refractivity contribution < 1.29 is 74.1 Å². The van der Waals surface area contributed by atoms with Crippen LogP contribution in [0.4, 0.5) is 0 Å². The predicted octanol–water partition coefficient (Wildman–Crippen LogP) is -3.02. The highest BCUT2D eigenvalue weighted by Crippen LogP contribution is 2.31. The molecule has 0 aromatic heterocycles. The summed E-state index contributed by atoms with van der Waals surface area (Å²) in [5.41, 5.74) is 0. The summed E-state index contributed by atoms with van der Waals surface area (Å²) in [6.07, 6.45) is -12.4. The molecule has 3 rings (SSSR count). The van der Waals surface area contributed by atoms with Crippen molar-refractivity contribution in [3.05, 3.63) is 0 Å². The Labute approximate surface area is 256 Å². The number of hydrogen-bond acceptors (Lipinski definition) is 15. The number of aliphatic hydroxyl groups excluding tert-OH is 8. The molecule has 0 aromatic rings. The minimum absolute atomic E-state index is 0.0205. The monoisotopic (exact) mass is 641 g/mol. The van der Waals surface area contributed by atoms with Gasteiger partial charge in [0.1, 0.15) is 54.9 Å². The van der Waals surface area contributed by atoms with Crippen LogP contribution in [0.2, 0.25) is 0 Å². The fourth-order valence-corrected chi connectivity index (χ4v) is 5.51. The number of nitrogens with one attached hydrogen (secondary N) is 1. The van der Waals surface area contributed by atoms with Crippen LogP contribution in [0.3, 0.4) is 0 Å². The van der Waals surface area contributed by atoms with Crippen molar-refractivity contribution in [2.45, 2.75) is 145 Å². The second-order valence-corrected chi connectivity index (χ2v) is 11.6. The zero-order valence-corrected chi connectivity index (χ0v) is 25.3. The summed E-state index contributed by atoms with van der Waals surface area (Å²) in [5, 5.41) is 85.3. The summed E-state index contributed by atoms with van der Waals surface area (Å²) in [4.78, 5) is 11.8. The summed E-state index contributed by atoms with van der Waals surface area (Å²) in [5.74, 6) is -0.514. The van der Waals surface area contributed by atoms with Crippen LogP contribution < -0.4 is 5.32 Å². The van der Waals surface area contributed by atoms with Crippen LogP contribution in [-0.4, -0.2) is 159 Å². The van der Waals surface area contributed by atoms with Crippen LogP contribution in [0, 0.1) is 0 Å². The molecule has 3 fully saturated rings. The molecule has 0 bridgehead atoms. The number of amides is 1. The largest absolute Gasteiger partial charge is 0.394 e. The first-order valence-corrected chi connectivity index (χ1v) is 15.4. The molecular weight excluding hydrogens is 590 g/mol.